The molecule has 28 heavy (non-hydrogen) atoms. The second kappa shape index (κ2) is 12.5. The second-order valence-corrected chi connectivity index (χ2v) is 7.07. The number of aliphatic imine (C=N–C) groups is 1. The fourth-order valence-electron chi connectivity index (χ4n) is 3.53. The van der Waals surface area contributed by atoms with E-state index >= 15 is 0 Å². The SMILES string of the molecule is CCCOc1cccc(CN=C(NCC)N2CCOC(C3CCCO3)C2)c1.I. The molecular weight excluding hydrogens is 469 g/mol. The number of nitrogens with one attached hydrogen (secondary N) is 1. The molecule has 1 aromatic carbocycles. The van der Waals surface area contributed by atoms with Crippen LogP contribution in [-0.2, 0) is 16.0 Å². The molecule has 0 bridgehead atoms. The van der Waals surface area contributed by atoms with Crippen LogP contribution in [0, 0.1) is 0 Å². The Balaban J connectivity index is 0.00000280. The minimum atomic E-state index is 0. The van der Waals surface area contributed by atoms with Gasteiger partial charge in [0.25, 0.3) is 0 Å². The van der Waals surface area contributed by atoms with Crippen LogP contribution in [0.4, 0.5) is 0 Å². The van der Waals surface area contributed by atoms with Gasteiger partial charge >= 0.3 is 0 Å². The summed E-state index contributed by atoms with van der Waals surface area (Å²) in [5.41, 5.74) is 1.16. The molecule has 1 aromatic rings. The number of benzene rings is 1. The average molecular weight is 503 g/mol. The van der Waals surface area contributed by atoms with E-state index in [4.69, 9.17) is 19.2 Å². The van der Waals surface area contributed by atoms with Gasteiger partial charge in [0.2, 0.25) is 0 Å². The maximum Gasteiger partial charge on any atom is 0.194 e. The monoisotopic (exact) mass is 503 g/mol. The van der Waals surface area contributed by atoms with Crippen LogP contribution in [-0.4, -0.2) is 62.5 Å². The summed E-state index contributed by atoms with van der Waals surface area (Å²) in [6.45, 7) is 9.70. The van der Waals surface area contributed by atoms with Gasteiger partial charge in [-0.2, -0.15) is 0 Å². The zero-order valence-corrected chi connectivity index (χ0v) is 19.4. The van der Waals surface area contributed by atoms with Crippen LogP contribution in [0.3, 0.4) is 0 Å². The molecule has 0 aliphatic carbocycles. The van der Waals surface area contributed by atoms with Gasteiger partial charge in [-0.1, -0.05) is 19.1 Å². The van der Waals surface area contributed by atoms with Crippen LogP contribution in [0.5, 0.6) is 5.75 Å². The molecule has 0 saturated carbocycles. The largest absolute Gasteiger partial charge is 0.494 e. The fraction of sp³-hybridized carbons (Fsp3) is 0.667. The van der Waals surface area contributed by atoms with E-state index in [0.29, 0.717) is 6.54 Å². The van der Waals surface area contributed by atoms with Crippen molar-refractivity contribution in [1.82, 2.24) is 10.2 Å². The second-order valence-electron chi connectivity index (χ2n) is 7.07. The minimum Gasteiger partial charge on any atom is -0.494 e. The van der Waals surface area contributed by atoms with Crippen molar-refractivity contribution in [2.75, 3.05) is 39.5 Å². The Morgan fingerprint density at radius 3 is 2.86 bits per heavy atom. The quantitative estimate of drug-likeness (QED) is 0.351. The molecule has 2 heterocycles. The van der Waals surface area contributed by atoms with Crippen molar-refractivity contribution < 1.29 is 14.2 Å². The third-order valence-corrected chi connectivity index (χ3v) is 4.89. The Morgan fingerprint density at radius 1 is 1.25 bits per heavy atom. The van der Waals surface area contributed by atoms with Gasteiger partial charge in [0.1, 0.15) is 11.9 Å². The first-order valence-corrected chi connectivity index (χ1v) is 10.3. The first-order valence-electron chi connectivity index (χ1n) is 10.3. The van der Waals surface area contributed by atoms with Gasteiger partial charge in [-0.25, -0.2) is 4.99 Å². The van der Waals surface area contributed by atoms with Crippen LogP contribution in [0.25, 0.3) is 0 Å². The van der Waals surface area contributed by atoms with Gasteiger partial charge in [0.15, 0.2) is 5.96 Å². The van der Waals surface area contributed by atoms with Crippen molar-refractivity contribution in [3.8, 4) is 5.75 Å². The van der Waals surface area contributed by atoms with Gasteiger partial charge in [-0.05, 0) is 43.9 Å². The van der Waals surface area contributed by atoms with E-state index in [-0.39, 0.29) is 36.2 Å². The summed E-state index contributed by atoms with van der Waals surface area (Å²) in [7, 11) is 0. The van der Waals surface area contributed by atoms with E-state index in [2.05, 4.69) is 36.2 Å². The molecule has 158 valence electrons. The molecule has 6 nitrogen and oxygen atoms in total. The molecule has 2 aliphatic rings. The van der Waals surface area contributed by atoms with Crippen LogP contribution in [0.2, 0.25) is 0 Å². The van der Waals surface area contributed by atoms with E-state index in [1.807, 2.05) is 12.1 Å². The molecule has 1 N–H and O–H groups in total. The number of halogens is 1. The average Bonchev–Trinajstić information content (AvgIpc) is 3.25. The van der Waals surface area contributed by atoms with Crippen LogP contribution in [0.1, 0.15) is 38.7 Å². The lowest BCUT2D eigenvalue weighted by atomic mass is 10.1. The van der Waals surface area contributed by atoms with Gasteiger partial charge in [0.05, 0.1) is 25.9 Å². The lowest BCUT2D eigenvalue weighted by Crippen LogP contribution is -2.53. The van der Waals surface area contributed by atoms with Gasteiger partial charge < -0.3 is 24.4 Å². The summed E-state index contributed by atoms with van der Waals surface area (Å²) in [5.74, 6) is 1.86. The highest BCUT2D eigenvalue weighted by atomic mass is 127. The number of guanidine groups is 1. The highest BCUT2D eigenvalue weighted by Gasteiger charge is 2.32. The van der Waals surface area contributed by atoms with Crippen molar-refractivity contribution in [3.05, 3.63) is 29.8 Å². The van der Waals surface area contributed by atoms with Gasteiger partial charge in [-0.3, -0.25) is 0 Å². The summed E-state index contributed by atoms with van der Waals surface area (Å²) < 4.78 is 17.5. The highest BCUT2D eigenvalue weighted by Crippen LogP contribution is 2.21. The number of rotatable bonds is 7. The Kier molecular flexibility index (Phi) is 10.4. The van der Waals surface area contributed by atoms with Crippen LogP contribution in [0.15, 0.2) is 29.3 Å². The number of hydrogen-bond donors (Lipinski definition) is 1. The van der Waals surface area contributed by atoms with Crippen molar-refractivity contribution in [3.63, 3.8) is 0 Å². The zero-order valence-electron chi connectivity index (χ0n) is 17.1. The van der Waals surface area contributed by atoms with Crippen molar-refractivity contribution in [2.45, 2.75) is 51.9 Å². The molecule has 0 radical (unpaired) electrons. The Bertz CT molecular complexity index is 608. The molecule has 2 unspecified atom stereocenters. The van der Waals surface area contributed by atoms with Crippen LogP contribution >= 0.6 is 24.0 Å². The maximum absolute atomic E-state index is 5.97. The van der Waals surface area contributed by atoms with Crippen molar-refractivity contribution in [1.29, 1.82) is 0 Å². The van der Waals surface area contributed by atoms with Gasteiger partial charge in [-0.15, -0.1) is 24.0 Å². The Labute approximate surface area is 186 Å². The number of nitrogens with zero attached hydrogens (tertiary/aromatic N) is 2. The predicted molar refractivity (Wildman–Crippen MR) is 123 cm³/mol. The molecular formula is C21H34IN3O3. The third kappa shape index (κ3) is 6.77. The first-order chi connectivity index (χ1) is 13.3. The van der Waals surface area contributed by atoms with E-state index in [1.165, 1.54) is 0 Å². The molecule has 2 fully saturated rings. The lowest BCUT2D eigenvalue weighted by Gasteiger charge is -2.37. The van der Waals surface area contributed by atoms with E-state index in [0.717, 1.165) is 76.0 Å². The molecule has 0 aromatic heterocycles. The smallest absolute Gasteiger partial charge is 0.194 e. The summed E-state index contributed by atoms with van der Waals surface area (Å²) >= 11 is 0. The number of hydrogen-bond acceptors (Lipinski definition) is 4. The first kappa shape index (κ1) is 23.2. The lowest BCUT2D eigenvalue weighted by molar-refractivity contribution is -0.0817. The summed E-state index contributed by atoms with van der Waals surface area (Å²) in [6, 6.07) is 8.21. The highest BCUT2D eigenvalue weighted by molar-refractivity contribution is 14.0. The molecule has 0 spiro atoms. The van der Waals surface area contributed by atoms with Crippen LogP contribution < -0.4 is 10.1 Å². The predicted octanol–water partition coefficient (Wildman–Crippen LogP) is 3.44. The summed E-state index contributed by atoms with van der Waals surface area (Å²) in [4.78, 5) is 7.17. The van der Waals surface area contributed by atoms with Crippen molar-refractivity contribution in [2.24, 2.45) is 4.99 Å². The molecule has 3 rings (SSSR count). The number of ether oxygens (including phenoxy) is 3. The fourth-order valence-corrected chi connectivity index (χ4v) is 3.53. The number of morpholine rings is 1. The minimum absolute atomic E-state index is 0. The molecule has 2 atom stereocenters. The Hall–Kier alpha value is -1.06. The maximum atomic E-state index is 5.97. The normalized spacial score (nSPS) is 22.6. The summed E-state index contributed by atoms with van der Waals surface area (Å²) in [5, 5.41) is 3.43. The molecule has 2 saturated heterocycles. The Morgan fingerprint density at radius 2 is 2.11 bits per heavy atom. The molecule has 2 aliphatic heterocycles. The standard InChI is InChI=1S/C21H33N3O3.HI/c1-3-11-25-18-8-5-7-17(14-18)15-23-21(22-4-2)24-10-13-27-20(16-24)19-9-6-12-26-19;/h5,7-8,14,19-20H,3-4,6,9-13,15-16H2,1-2H3,(H,22,23);1H. The van der Waals surface area contributed by atoms with E-state index in [9.17, 15) is 0 Å². The van der Waals surface area contributed by atoms with E-state index in [1.54, 1.807) is 0 Å². The topological polar surface area (TPSA) is 55.3 Å². The third-order valence-electron chi connectivity index (χ3n) is 4.89. The van der Waals surface area contributed by atoms with E-state index < -0.39 is 0 Å². The summed E-state index contributed by atoms with van der Waals surface area (Å²) in [6.07, 6.45) is 3.60. The van der Waals surface area contributed by atoms with Crippen molar-refractivity contribution >= 4 is 29.9 Å². The van der Waals surface area contributed by atoms with Gasteiger partial charge in [0, 0.05) is 26.2 Å². The zero-order chi connectivity index (χ0) is 18.9. The molecule has 7 heteroatoms. The molecule has 0 amide bonds.